The molecule has 1 aromatic carbocycles. The van der Waals surface area contributed by atoms with E-state index in [1.54, 1.807) is 0 Å². The third kappa shape index (κ3) is 4.85. The molecule has 0 aliphatic heterocycles. The van der Waals surface area contributed by atoms with Crippen molar-refractivity contribution >= 4 is 5.96 Å². The SMILES string of the molecule is CN=C(NCc1ccc(Cn2ccnc2)cc1)NC1CCCCC1. The van der Waals surface area contributed by atoms with E-state index >= 15 is 0 Å². The van der Waals surface area contributed by atoms with Crippen molar-refractivity contribution in [2.75, 3.05) is 7.05 Å². The van der Waals surface area contributed by atoms with Crippen LogP contribution in [0.2, 0.25) is 0 Å². The van der Waals surface area contributed by atoms with E-state index in [1.807, 2.05) is 25.8 Å². The smallest absolute Gasteiger partial charge is 0.191 e. The molecule has 1 saturated carbocycles. The van der Waals surface area contributed by atoms with Crippen LogP contribution in [0.4, 0.5) is 0 Å². The van der Waals surface area contributed by atoms with Crippen LogP contribution in [0.5, 0.6) is 0 Å². The van der Waals surface area contributed by atoms with E-state index in [0.717, 1.165) is 19.0 Å². The monoisotopic (exact) mass is 325 g/mol. The lowest BCUT2D eigenvalue weighted by Crippen LogP contribution is -2.43. The molecular weight excluding hydrogens is 298 g/mol. The van der Waals surface area contributed by atoms with Gasteiger partial charge in [0.25, 0.3) is 0 Å². The Balaban J connectivity index is 1.48. The highest BCUT2D eigenvalue weighted by Gasteiger charge is 2.14. The van der Waals surface area contributed by atoms with E-state index in [2.05, 4.69) is 49.4 Å². The lowest BCUT2D eigenvalue weighted by Gasteiger charge is -2.24. The lowest BCUT2D eigenvalue weighted by molar-refractivity contribution is 0.410. The minimum absolute atomic E-state index is 0.572. The van der Waals surface area contributed by atoms with Crippen LogP contribution in [0.3, 0.4) is 0 Å². The molecule has 1 aliphatic rings. The van der Waals surface area contributed by atoms with Crippen molar-refractivity contribution in [2.45, 2.75) is 51.2 Å². The van der Waals surface area contributed by atoms with Crippen LogP contribution in [-0.4, -0.2) is 28.6 Å². The van der Waals surface area contributed by atoms with Crippen molar-refractivity contribution in [1.29, 1.82) is 0 Å². The molecule has 24 heavy (non-hydrogen) atoms. The molecule has 2 N–H and O–H groups in total. The average molecular weight is 325 g/mol. The van der Waals surface area contributed by atoms with Crippen molar-refractivity contribution in [3.05, 3.63) is 54.1 Å². The fraction of sp³-hybridized carbons (Fsp3) is 0.474. The van der Waals surface area contributed by atoms with Crippen LogP contribution < -0.4 is 10.6 Å². The number of hydrogen-bond donors (Lipinski definition) is 2. The Morgan fingerprint density at radius 2 is 1.92 bits per heavy atom. The van der Waals surface area contributed by atoms with Crippen molar-refractivity contribution in [1.82, 2.24) is 20.2 Å². The largest absolute Gasteiger partial charge is 0.354 e. The maximum absolute atomic E-state index is 4.35. The number of hydrogen-bond acceptors (Lipinski definition) is 2. The molecular formula is C19H27N5. The molecule has 0 spiro atoms. The van der Waals surface area contributed by atoms with Gasteiger partial charge in [-0.3, -0.25) is 4.99 Å². The summed E-state index contributed by atoms with van der Waals surface area (Å²) in [6.45, 7) is 1.65. The van der Waals surface area contributed by atoms with Gasteiger partial charge in [-0.05, 0) is 24.0 Å². The van der Waals surface area contributed by atoms with Crippen molar-refractivity contribution in [3.8, 4) is 0 Å². The Kier molecular flexibility index (Phi) is 5.88. The highest BCUT2D eigenvalue weighted by atomic mass is 15.2. The summed E-state index contributed by atoms with van der Waals surface area (Å²) in [5.74, 6) is 0.907. The first-order valence-electron chi connectivity index (χ1n) is 8.84. The molecule has 1 aromatic heterocycles. The second kappa shape index (κ2) is 8.52. The molecule has 1 fully saturated rings. The molecule has 2 aromatic rings. The normalized spacial score (nSPS) is 16.1. The highest BCUT2D eigenvalue weighted by molar-refractivity contribution is 5.79. The summed E-state index contributed by atoms with van der Waals surface area (Å²) < 4.78 is 2.07. The number of rotatable bonds is 5. The molecule has 0 atom stereocenters. The lowest BCUT2D eigenvalue weighted by atomic mass is 9.96. The Morgan fingerprint density at radius 1 is 1.17 bits per heavy atom. The van der Waals surface area contributed by atoms with Gasteiger partial charge in [-0.25, -0.2) is 4.98 Å². The van der Waals surface area contributed by atoms with Gasteiger partial charge in [-0.1, -0.05) is 43.5 Å². The minimum atomic E-state index is 0.572. The summed E-state index contributed by atoms with van der Waals surface area (Å²) in [5, 5.41) is 6.97. The summed E-state index contributed by atoms with van der Waals surface area (Å²) in [5.41, 5.74) is 2.54. The first-order valence-corrected chi connectivity index (χ1v) is 8.84. The van der Waals surface area contributed by atoms with E-state index < -0.39 is 0 Å². The van der Waals surface area contributed by atoms with Crippen LogP contribution in [0.1, 0.15) is 43.2 Å². The fourth-order valence-corrected chi connectivity index (χ4v) is 3.17. The van der Waals surface area contributed by atoms with Gasteiger partial charge in [0, 0.05) is 38.6 Å². The average Bonchev–Trinajstić information content (AvgIpc) is 3.14. The van der Waals surface area contributed by atoms with Gasteiger partial charge in [0.15, 0.2) is 5.96 Å². The fourth-order valence-electron chi connectivity index (χ4n) is 3.17. The third-order valence-electron chi connectivity index (χ3n) is 4.58. The number of nitrogens with one attached hydrogen (secondary N) is 2. The van der Waals surface area contributed by atoms with Crippen LogP contribution in [-0.2, 0) is 13.1 Å². The molecule has 0 radical (unpaired) electrons. The predicted octanol–water partition coefficient (Wildman–Crippen LogP) is 2.93. The zero-order valence-corrected chi connectivity index (χ0v) is 14.4. The van der Waals surface area contributed by atoms with E-state index in [0.29, 0.717) is 6.04 Å². The van der Waals surface area contributed by atoms with Crippen LogP contribution >= 0.6 is 0 Å². The van der Waals surface area contributed by atoms with Gasteiger partial charge >= 0.3 is 0 Å². The second-order valence-corrected chi connectivity index (χ2v) is 6.46. The van der Waals surface area contributed by atoms with Crippen LogP contribution in [0.25, 0.3) is 0 Å². The summed E-state index contributed by atoms with van der Waals surface area (Å²) >= 11 is 0. The molecule has 128 valence electrons. The number of aliphatic imine (C=N–C) groups is 1. The van der Waals surface area contributed by atoms with Crippen molar-refractivity contribution in [3.63, 3.8) is 0 Å². The standard InChI is InChI=1S/C19H27N5/c1-20-19(23-18-5-3-2-4-6-18)22-13-16-7-9-17(10-8-16)14-24-12-11-21-15-24/h7-12,15,18H,2-6,13-14H2,1H3,(H2,20,22,23). The zero-order chi connectivity index (χ0) is 16.6. The van der Waals surface area contributed by atoms with Gasteiger partial charge in [0.05, 0.1) is 6.33 Å². The van der Waals surface area contributed by atoms with Crippen molar-refractivity contribution < 1.29 is 0 Å². The first-order chi connectivity index (χ1) is 11.8. The Labute approximate surface area is 144 Å². The third-order valence-corrected chi connectivity index (χ3v) is 4.58. The maximum Gasteiger partial charge on any atom is 0.191 e. The number of aromatic nitrogens is 2. The van der Waals surface area contributed by atoms with E-state index in [4.69, 9.17) is 0 Å². The molecule has 3 rings (SSSR count). The van der Waals surface area contributed by atoms with Gasteiger partial charge in [-0.15, -0.1) is 0 Å². The first kappa shape index (κ1) is 16.6. The van der Waals surface area contributed by atoms with Gasteiger partial charge in [-0.2, -0.15) is 0 Å². The summed E-state index contributed by atoms with van der Waals surface area (Å²) in [4.78, 5) is 8.42. The van der Waals surface area contributed by atoms with Gasteiger partial charge < -0.3 is 15.2 Å². The Bertz CT molecular complexity index is 624. The highest BCUT2D eigenvalue weighted by Crippen LogP contribution is 2.17. The number of nitrogens with zero attached hydrogens (tertiary/aromatic N) is 3. The summed E-state index contributed by atoms with van der Waals surface area (Å²) in [7, 11) is 1.84. The molecule has 0 bridgehead atoms. The van der Waals surface area contributed by atoms with Crippen LogP contribution in [0.15, 0.2) is 48.0 Å². The second-order valence-electron chi connectivity index (χ2n) is 6.46. The molecule has 5 nitrogen and oxygen atoms in total. The quantitative estimate of drug-likeness (QED) is 0.656. The van der Waals surface area contributed by atoms with E-state index in [9.17, 15) is 0 Å². The summed E-state index contributed by atoms with van der Waals surface area (Å²) in [6.07, 6.45) is 12.2. The van der Waals surface area contributed by atoms with Crippen molar-refractivity contribution in [2.24, 2.45) is 4.99 Å². The molecule has 0 saturated heterocycles. The predicted molar refractivity (Wildman–Crippen MR) is 98.0 cm³/mol. The minimum Gasteiger partial charge on any atom is -0.354 e. The number of imidazole rings is 1. The number of benzene rings is 1. The molecule has 5 heteroatoms. The van der Waals surface area contributed by atoms with Crippen LogP contribution in [0, 0.1) is 0 Å². The zero-order valence-electron chi connectivity index (χ0n) is 14.4. The van der Waals surface area contributed by atoms with E-state index in [-0.39, 0.29) is 0 Å². The molecule has 1 aliphatic carbocycles. The maximum atomic E-state index is 4.35. The molecule has 1 heterocycles. The molecule has 0 amide bonds. The Hall–Kier alpha value is -2.30. The number of guanidine groups is 1. The van der Waals surface area contributed by atoms with E-state index in [1.165, 1.54) is 43.2 Å². The Morgan fingerprint density at radius 3 is 2.58 bits per heavy atom. The topological polar surface area (TPSA) is 54.2 Å². The van der Waals surface area contributed by atoms with Gasteiger partial charge in [0.1, 0.15) is 0 Å². The van der Waals surface area contributed by atoms with Gasteiger partial charge in [0.2, 0.25) is 0 Å². The summed E-state index contributed by atoms with van der Waals surface area (Å²) in [6, 6.07) is 9.27. The molecule has 0 unspecified atom stereocenters.